The van der Waals surface area contributed by atoms with Crippen LogP contribution in [0.1, 0.15) is 32.0 Å². The van der Waals surface area contributed by atoms with Crippen molar-refractivity contribution in [2.24, 2.45) is 0 Å². The molecule has 0 N–H and O–H groups in total. The van der Waals surface area contributed by atoms with E-state index in [1.54, 1.807) is 6.20 Å². The van der Waals surface area contributed by atoms with E-state index in [9.17, 15) is 0 Å². The minimum Gasteiger partial charge on any atom is -0.486 e. The van der Waals surface area contributed by atoms with Gasteiger partial charge in [0.1, 0.15) is 0 Å². The predicted octanol–water partition coefficient (Wildman–Crippen LogP) is 9.33. The zero-order valence-electron chi connectivity index (χ0n) is 25.9. The van der Waals surface area contributed by atoms with Crippen LogP contribution in [0.5, 0.6) is 0 Å². The van der Waals surface area contributed by atoms with Crippen molar-refractivity contribution in [3.05, 3.63) is 139 Å². The van der Waals surface area contributed by atoms with E-state index < -0.39 is 0 Å². The summed E-state index contributed by atoms with van der Waals surface area (Å²) in [6.07, 6.45) is 3.63. The molecular weight excluding hydrogens is 747 g/mol. The summed E-state index contributed by atoms with van der Waals surface area (Å²) < 4.78 is 8.47. The van der Waals surface area contributed by atoms with Crippen molar-refractivity contribution >= 4 is 33.2 Å². The minimum atomic E-state index is -0.0818. The van der Waals surface area contributed by atoms with E-state index in [4.69, 9.17) is 9.40 Å². The van der Waals surface area contributed by atoms with E-state index >= 15 is 0 Å². The molecule has 0 bridgehead atoms. The first-order valence-corrected chi connectivity index (χ1v) is 14.9. The van der Waals surface area contributed by atoms with Crippen molar-refractivity contribution in [3.8, 4) is 28.3 Å². The Labute approximate surface area is 281 Å². The Bertz CT molecular complexity index is 2220. The minimum absolute atomic E-state index is 0. The molecule has 46 heavy (non-hydrogen) atoms. The summed E-state index contributed by atoms with van der Waals surface area (Å²) in [4.78, 5) is 18.5. The number of fused-ring (bicyclic) bond motifs is 4. The van der Waals surface area contributed by atoms with Crippen LogP contribution in [0.2, 0.25) is 0 Å². The van der Waals surface area contributed by atoms with Crippen LogP contribution in [0.3, 0.4) is 0 Å². The average Bonchev–Trinajstić information content (AvgIpc) is 3.64. The van der Waals surface area contributed by atoms with Crippen molar-refractivity contribution in [1.82, 2.24) is 24.5 Å². The fourth-order valence-electron chi connectivity index (χ4n) is 5.56. The summed E-state index contributed by atoms with van der Waals surface area (Å²) in [5.74, 6) is 0.752. The largest absolute Gasteiger partial charge is 0.486 e. The second-order valence-electron chi connectivity index (χ2n) is 11.9. The summed E-state index contributed by atoms with van der Waals surface area (Å²) in [6.45, 7) is 8.60. The number of para-hydroxylation sites is 1. The normalized spacial score (nSPS) is 11.3. The first-order valence-electron chi connectivity index (χ1n) is 14.9. The van der Waals surface area contributed by atoms with Crippen LogP contribution in [0.15, 0.2) is 120 Å². The quantitative estimate of drug-likeness (QED) is 0.167. The molecule has 229 valence electrons. The van der Waals surface area contributed by atoms with Crippen LogP contribution >= 0.6 is 0 Å². The number of benzene rings is 3. The summed E-state index contributed by atoms with van der Waals surface area (Å²) in [7, 11) is 0. The second kappa shape index (κ2) is 12.8. The van der Waals surface area contributed by atoms with Gasteiger partial charge in [0.05, 0.1) is 16.9 Å². The molecule has 0 saturated carbocycles. The molecule has 8 aromatic rings. The average molecular weight is 778 g/mol. The van der Waals surface area contributed by atoms with Gasteiger partial charge in [0.2, 0.25) is 5.71 Å². The molecule has 0 aliphatic rings. The van der Waals surface area contributed by atoms with E-state index in [-0.39, 0.29) is 25.5 Å². The van der Waals surface area contributed by atoms with Crippen LogP contribution in [-0.2, 0) is 25.5 Å². The van der Waals surface area contributed by atoms with Gasteiger partial charge in [-0.25, -0.2) is 9.97 Å². The van der Waals surface area contributed by atoms with Gasteiger partial charge >= 0.3 is 0 Å². The number of furan rings is 1. The van der Waals surface area contributed by atoms with Gasteiger partial charge in [0.25, 0.3) is 0 Å². The number of rotatable bonds is 3. The molecule has 7 heteroatoms. The van der Waals surface area contributed by atoms with E-state index in [0.717, 1.165) is 55.9 Å². The molecular formula is C39H31IrN5O-2. The Morgan fingerprint density at radius 3 is 2.26 bits per heavy atom. The van der Waals surface area contributed by atoms with Gasteiger partial charge in [0, 0.05) is 49.3 Å². The molecule has 1 radical (unpaired) electrons. The maximum atomic E-state index is 6.29. The third-order valence-electron chi connectivity index (χ3n) is 7.69. The number of hydrogen-bond acceptors (Lipinski definition) is 5. The Morgan fingerprint density at radius 2 is 1.52 bits per heavy atom. The summed E-state index contributed by atoms with van der Waals surface area (Å²) in [5.41, 5.74) is 8.91. The first-order chi connectivity index (χ1) is 21.9. The summed E-state index contributed by atoms with van der Waals surface area (Å²) >= 11 is 0. The number of aromatic nitrogens is 5. The maximum absolute atomic E-state index is 6.29. The van der Waals surface area contributed by atoms with Gasteiger partial charge in [-0.3, -0.25) is 4.98 Å². The Balaban J connectivity index is 0.000000241. The standard InChI is InChI=1S/C28H23N4O.C11H8N.Ir/c1-17-13-14-20-19-11-8-12-21(24(19)33-27(20)30-17)26-31-25-23(22(15-16-29-25)28(2,3)4)32(26)18-9-6-5-7-10-18;1-2-6-10(7-3-1)11-8-4-5-9-12-11;/h5-11,13-16H,1-4H3;1-6,8-9H;/q2*-1;. The fraction of sp³-hybridized carbons (Fsp3) is 0.128. The van der Waals surface area contributed by atoms with E-state index in [0.29, 0.717) is 11.4 Å². The Hall–Kier alpha value is -4.97. The van der Waals surface area contributed by atoms with Crippen molar-refractivity contribution in [2.75, 3.05) is 0 Å². The number of imidazole rings is 1. The number of pyridine rings is 3. The van der Waals surface area contributed by atoms with Crippen LogP contribution in [0, 0.1) is 19.1 Å². The molecule has 6 nitrogen and oxygen atoms in total. The van der Waals surface area contributed by atoms with Crippen LogP contribution < -0.4 is 0 Å². The number of hydrogen-bond donors (Lipinski definition) is 0. The topological polar surface area (TPSA) is 69.6 Å². The van der Waals surface area contributed by atoms with Crippen molar-refractivity contribution in [3.63, 3.8) is 0 Å². The third-order valence-corrected chi connectivity index (χ3v) is 7.69. The number of nitrogens with zero attached hydrogens (tertiary/aromatic N) is 5. The molecule has 8 rings (SSSR count). The van der Waals surface area contributed by atoms with Crippen LogP contribution in [-0.4, -0.2) is 24.5 Å². The molecule has 0 spiro atoms. The zero-order chi connectivity index (χ0) is 31.0. The van der Waals surface area contributed by atoms with E-state index in [1.807, 2.05) is 92.0 Å². The maximum Gasteiger partial charge on any atom is 0.216 e. The van der Waals surface area contributed by atoms with E-state index in [2.05, 4.69) is 76.7 Å². The Morgan fingerprint density at radius 1 is 0.717 bits per heavy atom. The predicted molar refractivity (Wildman–Crippen MR) is 180 cm³/mol. The number of aryl methyl sites for hydroxylation is 1. The van der Waals surface area contributed by atoms with Gasteiger partial charge in [-0.15, -0.1) is 54.1 Å². The fourth-order valence-corrected chi connectivity index (χ4v) is 5.56. The van der Waals surface area contributed by atoms with Gasteiger partial charge in [0.15, 0.2) is 5.65 Å². The molecule has 0 aliphatic heterocycles. The molecule has 3 aromatic carbocycles. The van der Waals surface area contributed by atoms with Crippen molar-refractivity contribution in [2.45, 2.75) is 33.1 Å². The van der Waals surface area contributed by atoms with Crippen LogP contribution in [0.25, 0.3) is 61.6 Å². The first kappa shape index (κ1) is 31.0. The molecule has 0 amide bonds. The SMILES string of the molecule is Cc1ccc2c(n1)oc1c(-c3nc4nccc(C(C)(C)C)c4n3-c3ccccc3)[c-]ccc12.[Ir].[c-]1ccccc1-c1ccccn1. The molecule has 0 unspecified atom stereocenters. The summed E-state index contributed by atoms with van der Waals surface area (Å²) in [5, 5.41) is 1.99. The second-order valence-corrected chi connectivity index (χ2v) is 11.9. The molecule has 0 atom stereocenters. The molecule has 5 heterocycles. The molecule has 5 aromatic heterocycles. The molecule has 0 aliphatic carbocycles. The summed E-state index contributed by atoms with van der Waals surface area (Å²) in [6, 6.07) is 40.6. The zero-order valence-corrected chi connectivity index (χ0v) is 28.3. The van der Waals surface area contributed by atoms with Crippen molar-refractivity contribution < 1.29 is 24.5 Å². The van der Waals surface area contributed by atoms with Gasteiger partial charge in [-0.05, 0) is 60.0 Å². The van der Waals surface area contributed by atoms with E-state index in [1.165, 1.54) is 5.56 Å². The molecule has 0 saturated heterocycles. The van der Waals surface area contributed by atoms with Crippen molar-refractivity contribution in [1.29, 1.82) is 0 Å². The van der Waals surface area contributed by atoms with Crippen LogP contribution in [0.4, 0.5) is 0 Å². The Kier molecular flexibility index (Phi) is 8.63. The van der Waals surface area contributed by atoms with Gasteiger partial charge < -0.3 is 14.0 Å². The monoisotopic (exact) mass is 778 g/mol. The van der Waals surface area contributed by atoms with Gasteiger partial charge in [-0.1, -0.05) is 62.1 Å². The molecule has 0 fully saturated rings. The smallest absolute Gasteiger partial charge is 0.216 e. The van der Waals surface area contributed by atoms with Gasteiger partial charge in [-0.2, -0.15) is 0 Å². The third kappa shape index (κ3) is 5.87.